The van der Waals surface area contributed by atoms with E-state index >= 15 is 0 Å². The van der Waals surface area contributed by atoms with Crippen LogP contribution in [0.5, 0.6) is 0 Å². The van der Waals surface area contributed by atoms with E-state index in [1.807, 2.05) is 24.3 Å². The van der Waals surface area contributed by atoms with E-state index in [2.05, 4.69) is 17.1 Å². The summed E-state index contributed by atoms with van der Waals surface area (Å²) >= 11 is 0. The Balaban J connectivity index is 2.05. The summed E-state index contributed by atoms with van der Waals surface area (Å²) in [5, 5.41) is 0. The highest BCUT2D eigenvalue weighted by Crippen LogP contribution is 2.14. The molecule has 1 heterocycles. The molecule has 0 atom stereocenters. The van der Waals surface area contributed by atoms with Gasteiger partial charge in [0, 0.05) is 25.5 Å². The molecule has 15 heavy (non-hydrogen) atoms. The van der Waals surface area contributed by atoms with E-state index in [1.165, 1.54) is 5.56 Å². The van der Waals surface area contributed by atoms with Crippen LogP contribution in [0.4, 0.5) is 0 Å². The van der Waals surface area contributed by atoms with Gasteiger partial charge in [-0.3, -0.25) is 9.79 Å². The van der Waals surface area contributed by atoms with Gasteiger partial charge in [-0.15, -0.1) is 0 Å². The zero-order chi connectivity index (χ0) is 10.7. The molecule has 0 spiro atoms. The minimum absolute atomic E-state index is 0.0538. The van der Waals surface area contributed by atoms with Crippen molar-refractivity contribution in [3.05, 3.63) is 47.7 Å². The summed E-state index contributed by atoms with van der Waals surface area (Å²) in [5.41, 5.74) is 2.93. The molecule has 0 unspecified atom stereocenters. The van der Waals surface area contributed by atoms with Crippen molar-refractivity contribution < 1.29 is 4.79 Å². The Morgan fingerprint density at radius 2 is 2.07 bits per heavy atom. The fraction of sp³-hybridized carbons (Fsp3) is 0.231. The number of benzene rings is 1. The lowest BCUT2D eigenvalue weighted by Crippen LogP contribution is -1.99. The maximum Gasteiger partial charge on any atom is 0.177 e. The molecule has 1 aromatic rings. The molecule has 2 heteroatoms. The second-order valence-electron chi connectivity index (χ2n) is 3.69. The third kappa shape index (κ3) is 2.40. The lowest BCUT2D eigenvalue weighted by molar-refractivity contribution is -0.113. The van der Waals surface area contributed by atoms with Crippen molar-refractivity contribution >= 4 is 11.5 Å². The van der Waals surface area contributed by atoms with Crippen LogP contribution in [0, 0.1) is 0 Å². The second kappa shape index (κ2) is 4.22. The number of ketones is 1. The van der Waals surface area contributed by atoms with Crippen molar-refractivity contribution in [2.45, 2.75) is 19.8 Å². The van der Waals surface area contributed by atoms with E-state index in [0.717, 1.165) is 18.6 Å². The molecule has 2 rings (SSSR count). The summed E-state index contributed by atoms with van der Waals surface area (Å²) in [6.45, 7) is 1.56. The Morgan fingerprint density at radius 3 is 2.67 bits per heavy atom. The summed E-state index contributed by atoms with van der Waals surface area (Å²) in [6.07, 6.45) is 3.55. The lowest BCUT2D eigenvalue weighted by Gasteiger charge is -1.99. The number of carbonyl (C=O) groups excluding carboxylic acids is 1. The third-order valence-electron chi connectivity index (χ3n) is 2.42. The fourth-order valence-corrected chi connectivity index (χ4v) is 1.64. The Bertz CT molecular complexity index is 429. The molecule has 0 aliphatic carbocycles. The first-order valence-electron chi connectivity index (χ1n) is 5.07. The van der Waals surface area contributed by atoms with Crippen LogP contribution in [0.15, 0.2) is 47.1 Å². The van der Waals surface area contributed by atoms with Gasteiger partial charge < -0.3 is 0 Å². The highest BCUT2D eigenvalue weighted by Gasteiger charge is 2.11. The molecular weight excluding hydrogens is 186 g/mol. The standard InChI is InChI=1S/C13H13NO/c1-10(15)13-8-7-12(14-13)9-11-5-3-2-4-6-11/h2-6,8H,7,9H2,1H3. The van der Waals surface area contributed by atoms with Crippen molar-refractivity contribution in [2.24, 2.45) is 4.99 Å². The van der Waals surface area contributed by atoms with E-state index in [-0.39, 0.29) is 5.78 Å². The summed E-state index contributed by atoms with van der Waals surface area (Å²) in [7, 11) is 0. The summed E-state index contributed by atoms with van der Waals surface area (Å²) in [5.74, 6) is 0.0538. The topological polar surface area (TPSA) is 29.4 Å². The van der Waals surface area contributed by atoms with E-state index < -0.39 is 0 Å². The van der Waals surface area contributed by atoms with Crippen LogP contribution in [0.3, 0.4) is 0 Å². The highest BCUT2D eigenvalue weighted by molar-refractivity contribution is 6.01. The van der Waals surface area contributed by atoms with Crippen LogP contribution in [-0.4, -0.2) is 11.5 Å². The number of allylic oxidation sites excluding steroid dienone is 2. The first kappa shape index (κ1) is 9.84. The van der Waals surface area contributed by atoms with Gasteiger partial charge in [-0.1, -0.05) is 30.3 Å². The Hall–Kier alpha value is -1.70. The van der Waals surface area contributed by atoms with Crippen molar-refractivity contribution in [3.8, 4) is 0 Å². The van der Waals surface area contributed by atoms with Gasteiger partial charge in [0.1, 0.15) is 5.70 Å². The molecule has 1 aliphatic rings. The molecule has 0 saturated carbocycles. The molecule has 76 valence electrons. The summed E-state index contributed by atoms with van der Waals surface area (Å²) in [6, 6.07) is 10.2. The highest BCUT2D eigenvalue weighted by atomic mass is 16.1. The minimum Gasteiger partial charge on any atom is -0.293 e. The van der Waals surface area contributed by atoms with E-state index in [1.54, 1.807) is 6.92 Å². The number of nitrogens with zero attached hydrogens (tertiary/aromatic N) is 1. The fourth-order valence-electron chi connectivity index (χ4n) is 1.64. The lowest BCUT2D eigenvalue weighted by atomic mass is 10.1. The summed E-state index contributed by atoms with van der Waals surface area (Å²) in [4.78, 5) is 15.4. The molecule has 0 radical (unpaired) electrons. The predicted molar refractivity (Wildman–Crippen MR) is 61.0 cm³/mol. The molecule has 0 aromatic heterocycles. The third-order valence-corrected chi connectivity index (χ3v) is 2.42. The number of hydrogen-bond donors (Lipinski definition) is 0. The van der Waals surface area contributed by atoms with Crippen LogP contribution >= 0.6 is 0 Å². The Morgan fingerprint density at radius 1 is 1.33 bits per heavy atom. The molecule has 0 bridgehead atoms. The maximum atomic E-state index is 11.1. The van der Waals surface area contributed by atoms with E-state index in [0.29, 0.717) is 5.70 Å². The van der Waals surface area contributed by atoms with Crippen LogP contribution < -0.4 is 0 Å². The molecule has 0 amide bonds. The molecule has 1 aliphatic heterocycles. The largest absolute Gasteiger partial charge is 0.293 e. The molecule has 2 nitrogen and oxygen atoms in total. The van der Waals surface area contributed by atoms with Crippen molar-refractivity contribution in [1.29, 1.82) is 0 Å². The van der Waals surface area contributed by atoms with Gasteiger partial charge >= 0.3 is 0 Å². The first-order valence-corrected chi connectivity index (χ1v) is 5.07. The normalized spacial score (nSPS) is 14.7. The minimum atomic E-state index is 0.0538. The summed E-state index contributed by atoms with van der Waals surface area (Å²) < 4.78 is 0. The van der Waals surface area contributed by atoms with Crippen molar-refractivity contribution in [2.75, 3.05) is 0 Å². The van der Waals surface area contributed by atoms with Crippen molar-refractivity contribution in [1.82, 2.24) is 0 Å². The SMILES string of the molecule is CC(=O)C1=CCC(Cc2ccccc2)=N1. The molecule has 1 aromatic carbocycles. The van der Waals surface area contributed by atoms with Crippen LogP contribution in [0.25, 0.3) is 0 Å². The van der Waals surface area contributed by atoms with Gasteiger partial charge in [0.25, 0.3) is 0 Å². The van der Waals surface area contributed by atoms with E-state index in [4.69, 9.17) is 0 Å². The average Bonchev–Trinajstić information content (AvgIpc) is 2.68. The van der Waals surface area contributed by atoms with Gasteiger partial charge in [-0.05, 0) is 11.6 Å². The van der Waals surface area contributed by atoms with Gasteiger partial charge in [0.05, 0.1) is 0 Å². The number of hydrogen-bond acceptors (Lipinski definition) is 2. The van der Waals surface area contributed by atoms with Crippen LogP contribution in [0.1, 0.15) is 18.9 Å². The van der Waals surface area contributed by atoms with E-state index in [9.17, 15) is 4.79 Å². The quantitative estimate of drug-likeness (QED) is 0.735. The number of rotatable bonds is 3. The van der Waals surface area contributed by atoms with Crippen LogP contribution in [-0.2, 0) is 11.2 Å². The van der Waals surface area contributed by atoms with Gasteiger partial charge in [0.2, 0.25) is 0 Å². The Labute approximate surface area is 89.3 Å². The maximum absolute atomic E-state index is 11.1. The van der Waals surface area contributed by atoms with Crippen LogP contribution in [0.2, 0.25) is 0 Å². The van der Waals surface area contributed by atoms with Crippen molar-refractivity contribution in [3.63, 3.8) is 0 Å². The predicted octanol–water partition coefficient (Wildman–Crippen LogP) is 2.55. The molecule has 0 saturated heterocycles. The monoisotopic (exact) mass is 199 g/mol. The number of carbonyl (C=O) groups is 1. The zero-order valence-corrected chi connectivity index (χ0v) is 8.73. The van der Waals surface area contributed by atoms with Gasteiger partial charge in [-0.2, -0.15) is 0 Å². The van der Waals surface area contributed by atoms with Gasteiger partial charge in [0.15, 0.2) is 5.78 Å². The number of aliphatic imine (C=N–C) groups is 1. The molecule has 0 N–H and O–H groups in total. The number of Topliss-reactive ketones (excluding diaryl/α,β-unsaturated/α-hetero) is 1. The smallest absolute Gasteiger partial charge is 0.177 e. The second-order valence-corrected chi connectivity index (χ2v) is 3.69. The molecule has 0 fully saturated rings. The Kier molecular flexibility index (Phi) is 2.77. The molecular formula is C13H13NO. The first-order chi connectivity index (χ1) is 7.25. The zero-order valence-electron chi connectivity index (χ0n) is 8.73. The average molecular weight is 199 g/mol. The van der Waals surface area contributed by atoms with Gasteiger partial charge in [-0.25, -0.2) is 0 Å².